The highest BCUT2D eigenvalue weighted by Crippen LogP contribution is 2.13. The monoisotopic (exact) mass is 249 g/mol. The van der Waals surface area contributed by atoms with Gasteiger partial charge < -0.3 is 0 Å². The SMILES string of the molecule is N#Cc1ccc(N=NCCCCCCCl)cc1. The topological polar surface area (TPSA) is 48.5 Å². The van der Waals surface area contributed by atoms with Crippen LogP contribution in [0, 0.1) is 11.3 Å². The van der Waals surface area contributed by atoms with Crippen molar-refractivity contribution in [1.82, 2.24) is 0 Å². The zero-order valence-electron chi connectivity index (χ0n) is 9.77. The van der Waals surface area contributed by atoms with Crippen molar-refractivity contribution < 1.29 is 0 Å². The molecule has 1 aromatic rings. The van der Waals surface area contributed by atoms with Crippen LogP contribution in [0.2, 0.25) is 0 Å². The lowest BCUT2D eigenvalue weighted by atomic mass is 10.2. The Hall–Kier alpha value is -1.40. The maximum atomic E-state index is 8.63. The van der Waals surface area contributed by atoms with Gasteiger partial charge in [0, 0.05) is 5.88 Å². The van der Waals surface area contributed by atoms with Gasteiger partial charge in [-0.2, -0.15) is 15.5 Å². The Morgan fingerprint density at radius 2 is 1.76 bits per heavy atom. The maximum Gasteiger partial charge on any atom is 0.0991 e. The normalized spacial score (nSPS) is 10.6. The highest BCUT2D eigenvalue weighted by Gasteiger charge is 1.91. The van der Waals surface area contributed by atoms with Gasteiger partial charge in [-0.05, 0) is 37.1 Å². The number of halogens is 1. The summed E-state index contributed by atoms with van der Waals surface area (Å²) in [6.45, 7) is 0.752. The first-order valence-corrected chi connectivity index (χ1v) is 6.34. The molecule has 0 aromatic heterocycles. The molecule has 0 heterocycles. The van der Waals surface area contributed by atoms with Crippen molar-refractivity contribution in [2.24, 2.45) is 10.2 Å². The van der Waals surface area contributed by atoms with E-state index < -0.39 is 0 Å². The number of unbranched alkanes of at least 4 members (excludes halogenated alkanes) is 3. The van der Waals surface area contributed by atoms with E-state index in [1.807, 2.05) is 0 Å². The molecule has 1 rings (SSSR count). The molecule has 0 radical (unpaired) electrons. The van der Waals surface area contributed by atoms with Gasteiger partial charge in [-0.1, -0.05) is 12.8 Å². The van der Waals surface area contributed by atoms with Gasteiger partial charge in [0.05, 0.1) is 23.9 Å². The summed E-state index contributed by atoms with van der Waals surface area (Å²) >= 11 is 5.58. The number of nitrogens with zero attached hydrogens (tertiary/aromatic N) is 3. The first-order valence-electron chi connectivity index (χ1n) is 5.80. The third kappa shape index (κ3) is 6.03. The first-order chi connectivity index (χ1) is 8.36. The molecule has 90 valence electrons. The Balaban J connectivity index is 2.21. The molecule has 1 aromatic carbocycles. The molecule has 0 saturated carbocycles. The fraction of sp³-hybridized carbons (Fsp3) is 0.462. The van der Waals surface area contributed by atoms with Gasteiger partial charge in [0.2, 0.25) is 0 Å². The van der Waals surface area contributed by atoms with Crippen LogP contribution in [-0.2, 0) is 0 Å². The summed E-state index contributed by atoms with van der Waals surface area (Å²) in [7, 11) is 0. The van der Waals surface area contributed by atoms with Gasteiger partial charge in [-0.3, -0.25) is 0 Å². The summed E-state index contributed by atoms with van der Waals surface area (Å²) in [6.07, 6.45) is 4.44. The summed E-state index contributed by atoms with van der Waals surface area (Å²) in [5.74, 6) is 0.743. The zero-order valence-corrected chi connectivity index (χ0v) is 10.5. The Morgan fingerprint density at radius 3 is 2.41 bits per heavy atom. The average molecular weight is 250 g/mol. The van der Waals surface area contributed by atoms with Crippen LogP contribution in [-0.4, -0.2) is 12.4 Å². The average Bonchev–Trinajstić information content (AvgIpc) is 2.38. The molecule has 0 aliphatic heterocycles. The van der Waals surface area contributed by atoms with E-state index >= 15 is 0 Å². The fourth-order valence-electron chi connectivity index (χ4n) is 1.36. The molecule has 0 aliphatic carbocycles. The lowest BCUT2D eigenvalue weighted by Gasteiger charge is -1.95. The molecule has 0 N–H and O–H groups in total. The van der Waals surface area contributed by atoms with Crippen LogP contribution < -0.4 is 0 Å². The minimum Gasteiger partial charge on any atom is -0.192 e. The van der Waals surface area contributed by atoms with Crippen LogP contribution >= 0.6 is 11.6 Å². The second-order valence-electron chi connectivity index (χ2n) is 3.73. The number of alkyl halides is 1. The van der Waals surface area contributed by atoms with Crippen molar-refractivity contribution in [2.45, 2.75) is 25.7 Å². The summed E-state index contributed by atoms with van der Waals surface area (Å²) in [5, 5.41) is 16.8. The van der Waals surface area contributed by atoms with Crippen molar-refractivity contribution in [3.05, 3.63) is 29.8 Å². The standard InChI is InChI=1S/C13H16ClN3/c14-9-3-1-2-4-10-16-17-13-7-5-12(11-15)6-8-13/h5-8H,1-4,9-10H2. The van der Waals surface area contributed by atoms with E-state index in [0.717, 1.165) is 43.8 Å². The predicted octanol–water partition coefficient (Wildman–Crippen LogP) is 4.44. The molecule has 0 atom stereocenters. The Bertz CT molecular complexity index is 379. The Labute approximate surface area is 107 Å². The van der Waals surface area contributed by atoms with Crippen LogP contribution in [0.4, 0.5) is 5.69 Å². The van der Waals surface area contributed by atoms with Crippen LogP contribution in [0.3, 0.4) is 0 Å². The number of azo groups is 1. The quantitative estimate of drug-likeness (QED) is 0.400. The van der Waals surface area contributed by atoms with Crippen molar-refractivity contribution >= 4 is 17.3 Å². The van der Waals surface area contributed by atoms with Crippen molar-refractivity contribution in [1.29, 1.82) is 5.26 Å². The Kier molecular flexibility index (Phi) is 7.01. The third-order valence-corrected chi connectivity index (χ3v) is 2.59. The maximum absolute atomic E-state index is 8.63. The van der Waals surface area contributed by atoms with Gasteiger partial charge in [0.1, 0.15) is 0 Å². The smallest absolute Gasteiger partial charge is 0.0991 e. The van der Waals surface area contributed by atoms with E-state index in [2.05, 4.69) is 16.3 Å². The van der Waals surface area contributed by atoms with Gasteiger partial charge in [0.15, 0.2) is 0 Å². The van der Waals surface area contributed by atoms with Crippen molar-refractivity contribution in [3.63, 3.8) is 0 Å². The molecule has 0 fully saturated rings. The Morgan fingerprint density at radius 1 is 1.06 bits per heavy atom. The third-order valence-electron chi connectivity index (χ3n) is 2.32. The number of nitriles is 1. The fourth-order valence-corrected chi connectivity index (χ4v) is 1.55. The van der Waals surface area contributed by atoms with E-state index in [1.54, 1.807) is 24.3 Å². The van der Waals surface area contributed by atoms with E-state index in [0.29, 0.717) is 5.56 Å². The molecule has 0 saturated heterocycles. The lowest BCUT2D eigenvalue weighted by molar-refractivity contribution is 0.668. The molecule has 0 amide bonds. The second kappa shape index (κ2) is 8.72. The lowest BCUT2D eigenvalue weighted by Crippen LogP contribution is -1.82. The molecule has 0 unspecified atom stereocenters. The van der Waals surface area contributed by atoms with Gasteiger partial charge in [-0.25, -0.2) is 0 Å². The van der Waals surface area contributed by atoms with Gasteiger partial charge in [-0.15, -0.1) is 11.6 Å². The second-order valence-corrected chi connectivity index (χ2v) is 4.10. The molecule has 0 bridgehead atoms. The summed E-state index contributed by atoms with van der Waals surface area (Å²) in [6, 6.07) is 9.16. The molecule has 17 heavy (non-hydrogen) atoms. The van der Waals surface area contributed by atoms with Crippen LogP contribution in [0.25, 0.3) is 0 Å². The summed E-state index contributed by atoms with van der Waals surface area (Å²) in [5.41, 5.74) is 1.44. The predicted molar refractivity (Wildman–Crippen MR) is 69.7 cm³/mol. The van der Waals surface area contributed by atoms with Crippen LogP contribution in [0.1, 0.15) is 31.2 Å². The molecule has 4 heteroatoms. The number of benzene rings is 1. The molecular formula is C13H16ClN3. The van der Waals surface area contributed by atoms with E-state index in [1.165, 1.54) is 0 Å². The molecular weight excluding hydrogens is 234 g/mol. The summed E-state index contributed by atoms with van der Waals surface area (Å²) < 4.78 is 0. The number of hydrogen-bond donors (Lipinski definition) is 0. The van der Waals surface area contributed by atoms with Crippen molar-refractivity contribution in [3.8, 4) is 6.07 Å². The molecule has 0 spiro atoms. The largest absolute Gasteiger partial charge is 0.192 e. The van der Waals surface area contributed by atoms with Gasteiger partial charge >= 0.3 is 0 Å². The van der Waals surface area contributed by atoms with Gasteiger partial charge in [0.25, 0.3) is 0 Å². The molecule has 3 nitrogen and oxygen atoms in total. The van der Waals surface area contributed by atoms with Crippen LogP contribution in [0.15, 0.2) is 34.5 Å². The first kappa shape index (κ1) is 13.7. The highest BCUT2D eigenvalue weighted by atomic mass is 35.5. The highest BCUT2D eigenvalue weighted by molar-refractivity contribution is 6.17. The minimum atomic E-state index is 0.644. The number of hydrogen-bond acceptors (Lipinski definition) is 3. The van der Waals surface area contributed by atoms with E-state index in [-0.39, 0.29) is 0 Å². The molecule has 0 aliphatic rings. The number of rotatable bonds is 7. The minimum absolute atomic E-state index is 0.644. The van der Waals surface area contributed by atoms with Crippen LogP contribution in [0.5, 0.6) is 0 Å². The zero-order chi connectivity index (χ0) is 12.3. The van der Waals surface area contributed by atoms with Crippen molar-refractivity contribution in [2.75, 3.05) is 12.4 Å². The van der Waals surface area contributed by atoms with E-state index in [9.17, 15) is 0 Å². The van der Waals surface area contributed by atoms with E-state index in [4.69, 9.17) is 16.9 Å². The summed E-state index contributed by atoms with van der Waals surface area (Å²) in [4.78, 5) is 0.